The summed E-state index contributed by atoms with van der Waals surface area (Å²) in [6, 6.07) is 32.6. The number of ether oxygens (including phenoxy) is 3. The minimum Gasteiger partial charge on any atom is -0.493 e. The van der Waals surface area contributed by atoms with Gasteiger partial charge in [-0.15, -0.1) is 24.0 Å². The summed E-state index contributed by atoms with van der Waals surface area (Å²) in [5.74, 6) is -2.90. The summed E-state index contributed by atoms with van der Waals surface area (Å²) in [5.41, 5.74) is 3.46. The normalized spacial score (nSPS) is 18.9. The molecule has 4 atom stereocenters. The zero-order valence-electron chi connectivity index (χ0n) is 47.5. The van der Waals surface area contributed by atoms with Crippen molar-refractivity contribution in [3.63, 3.8) is 0 Å². The standard InChI is InChI=1S/C38H37F3N6O3.C21H21F2N3O4S.CH3I.CH3.HI.V/c1-26-18-33(46-16-14-45(15-17-46)32-9-2-28(3-10-32)37(48)44-31-7-4-29(39)5-8-31)11-13-36(26)49-21-27-20-38(50-22-27,23-47-25-42-24-43-47)34-12-6-30(40)19-35(34)41;1-15-2-5-18(6-3-15)31(27,28)30-11-16-9-21(29-10-16,12-26-14-24-13-25-26)19-7-4-17(22)8-20(19)23;1-2;;;/h2-13,18-19,24-25,27H,14-17,20-23H2,1H3,(H,44,48);2-8,13-14,16H,9-12H2,1H3;1H3;1H3;1H;/q;;;-1;;/t27-,38+;16-,21-;;;;/m10..../s1. The Morgan fingerprint density at radius 1 is 0.651 bits per heavy atom. The molecule has 2 aromatic heterocycles. The summed E-state index contributed by atoms with van der Waals surface area (Å²) in [7, 11) is -3.94. The number of nitrogens with zero attached hydrogens (tertiary/aromatic N) is 8. The second-order valence-electron chi connectivity index (χ2n) is 20.5. The van der Waals surface area contributed by atoms with Crippen LogP contribution in [0, 0.1) is 62.2 Å². The van der Waals surface area contributed by atoms with E-state index in [1.54, 1.807) is 35.3 Å². The number of rotatable bonds is 17. The van der Waals surface area contributed by atoms with Crippen molar-refractivity contribution in [3.05, 3.63) is 217 Å². The van der Waals surface area contributed by atoms with Crippen LogP contribution in [0.15, 0.2) is 158 Å². The molecule has 8 aromatic rings. The van der Waals surface area contributed by atoms with Gasteiger partial charge in [0, 0.05) is 102 Å². The van der Waals surface area contributed by atoms with Gasteiger partial charge in [-0.3, -0.25) is 8.98 Å². The van der Waals surface area contributed by atoms with Gasteiger partial charge in [0.15, 0.2) is 0 Å². The maximum Gasteiger partial charge on any atom is 0.296 e. The summed E-state index contributed by atoms with van der Waals surface area (Å²) < 4.78 is 122. The van der Waals surface area contributed by atoms with Crippen molar-refractivity contribution in [3.8, 4) is 5.75 Å². The molecule has 1 amide bonds. The first-order valence-electron chi connectivity index (χ1n) is 26.6. The van der Waals surface area contributed by atoms with Crippen LogP contribution in [0.5, 0.6) is 5.75 Å². The van der Waals surface area contributed by atoms with Crippen LogP contribution in [0.25, 0.3) is 0 Å². The summed E-state index contributed by atoms with van der Waals surface area (Å²) >= 11 is 2.15. The van der Waals surface area contributed by atoms with E-state index in [-0.39, 0.29) is 117 Å². The van der Waals surface area contributed by atoms with Gasteiger partial charge in [0.1, 0.15) is 71.3 Å². The molecule has 0 unspecified atom stereocenters. The van der Waals surface area contributed by atoms with Gasteiger partial charge in [-0.05, 0) is 128 Å². The SMILES string of the molecule is CI.Cc1cc(N2CCN(c3ccc(C(=O)Nc4ccc(F)cc4)cc3)CC2)ccc1OC[C@@H]1CO[C@@](Cn2cncn2)(c2ccc(F)cc2F)C1.Cc1ccc(S(=O)(=O)OC[C@@H]2CO[C@@](Cn3cncn3)(c3ccc(F)cc3F)C2)cc1.I.[CH3-].[V]. The molecule has 0 spiro atoms. The molecule has 0 aliphatic carbocycles. The second-order valence-corrected chi connectivity index (χ2v) is 22.1. The predicted molar refractivity (Wildman–Crippen MR) is 332 cm³/mol. The van der Waals surface area contributed by atoms with E-state index >= 15 is 0 Å². The zero-order valence-corrected chi connectivity index (χ0v) is 54.2. The number of piperazine rings is 1. The van der Waals surface area contributed by atoms with E-state index in [0.717, 1.165) is 72.6 Å². The fraction of sp³-hybridized carbons (Fsp3) is 0.311. The fourth-order valence-corrected chi connectivity index (χ4v) is 11.5. The minimum absolute atomic E-state index is 0. The maximum absolute atomic E-state index is 15.0. The molecule has 86 heavy (non-hydrogen) atoms. The van der Waals surface area contributed by atoms with Crippen molar-refractivity contribution in [1.29, 1.82) is 0 Å². The number of aromatic nitrogens is 6. The third-order valence-corrected chi connectivity index (χ3v) is 16.0. The number of carbonyl (C=O) groups excluding carboxylic acids is 1. The summed E-state index contributed by atoms with van der Waals surface area (Å²) in [6.07, 6.45) is 6.52. The summed E-state index contributed by atoms with van der Waals surface area (Å²) in [4.78, 5) is 27.2. The van der Waals surface area contributed by atoms with Gasteiger partial charge in [0.25, 0.3) is 16.0 Å². The summed E-state index contributed by atoms with van der Waals surface area (Å²) in [6.45, 7) is 8.34. The van der Waals surface area contributed by atoms with Gasteiger partial charge < -0.3 is 36.8 Å². The van der Waals surface area contributed by atoms with Gasteiger partial charge in [-0.25, -0.2) is 41.3 Å². The quantitative estimate of drug-likeness (QED) is 0.0301. The van der Waals surface area contributed by atoms with Crippen molar-refractivity contribution in [2.75, 3.05) is 72.7 Å². The third-order valence-electron chi connectivity index (χ3n) is 14.7. The second kappa shape index (κ2) is 31.3. The van der Waals surface area contributed by atoms with Crippen molar-refractivity contribution in [1.82, 2.24) is 29.5 Å². The van der Waals surface area contributed by atoms with E-state index in [4.69, 9.17) is 18.4 Å². The molecular weight excluding hydrogens is 1400 g/mol. The van der Waals surface area contributed by atoms with Crippen LogP contribution >= 0.6 is 46.6 Å². The van der Waals surface area contributed by atoms with Gasteiger partial charge in [-0.1, -0.05) is 52.4 Å². The molecule has 6 aromatic carbocycles. The number of hydrogen-bond donors (Lipinski definition) is 1. The first kappa shape index (κ1) is 69.1. The van der Waals surface area contributed by atoms with Gasteiger partial charge in [0.2, 0.25) is 0 Å². The maximum atomic E-state index is 15.0. The first-order valence-corrected chi connectivity index (χ1v) is 30.2. The van der Waals surface area contributed by atoms with Crippen molar-refractivity contribution >= 4 is 79.7 Å². The van der Waals surface area contributed by atoms with Crippen molar-refractivity contribution in [2.24, 2.45) is 11.8 Å². The molecule has 1 radical (unpaired) electrons. The number of nitrogens with one attached hydrogen (secondary N) is 1. The molecule has 0 saturated carbocycles. The molecule has 0 bridgehead atoms. The number of hydrogen-bond acceptors (Lipinski definition) is 13. The molecule has 11 rings (SSSR count). The molecule has 3 aliphatic rings. The Kier molecular flexibility index (Phi) is 25.1. The smallest absolute Gasteiger partial charge is 0.296 e. The van der Waals surface area contributed by atoms with E-state index in [9.17, 15) is 35.2 Å². The van der Waals surface area contributed by atoms with Crippen molar-refractivity contribution in [2.45, 2.75) is 55.9 Å². The van der Waals surface area contributed by atoms with Gasteiger partial charge >= 0.3 is 0 Å². The molecule has 1 N–H and O–H groups in total. The van der Waals surface area contributed by atoms with E-state index in [2.05, 4.69) is 70.0 Å². The Morgan fingerprint density at radius 2 is 1.14 bits per heavy atom. The van der Waals surface area contributed by atoms with Crippen LogP contribution in [0.1, 0.15) is 45.5 Å². The Hall–Kier alpha value is -6.01. The zero-order chi connectivity index (χ0) is 58.7. The monoisotopic (exact) mass is 1470 g/mol. The van der Waals surface area contributed by atoms with E-state index < -0.39 is 44.6 Å². The molecule has 16 nitrogen and oxygen atoms in total. The molecule has 3 aliphatic heterocycles. The third kappa shape index (κ3) is 17.2. The Bertz CT molecular complexity index is 3560. The Morgan fingerprint density at radius 3 is 1.63 bits per heavy atom. The molecule has 5 heterocycles. The average Bonchev–Trinajstić information content (AvgIpc) is 2.30. The molecule has 3 fully saturated rings. The van der Waals surface area contributed by atoms with E-state index in [0.29, 0.717) is 36.4 Å². The van der Waals surface area contributed by atoms with Crippen LogP contribution < -0.4 is 19.9 Å². The minimum atomic E-state index is -3.94. The average molecular weight is 1470 g/mol. The van der Waals surface area contributed by atoms with Crippen molar-refractivity contribution < 1.29 is 72.1 Å². The number of benzene rings is 6. The first-order chi connectivity index (χ1) is 40.0. The number of aryl methyl sites for hydroxylation is 2. The van der Waals surface area contributed by atoms with Crippen LogP contribution in [0.4, 0.5) is 39.0 Å². The van der Waals surface area contributed by atoms with Crippen LogP contribution in [0.3, 0.4) is 0 Å². The number of anilines is 3. The number of carbonyl (C=O) groups is 1. The van der Waals surface area contributed by atoms with E-state index in [1.165, 1.54) is 78.3 Å². The summed E-state index contributed by atoms with van der Waals surface area (Å²) in [5, 5.41) is 11.0. The molecule has 3 saturated heterocycles. The molecule has 25 heteroatoms. The van der Waals surface area contributed by atoms with Gasteiger partial charge in [0.05, 0.1) is 44.4 Å². The Labute approximate surface area is 540 Å². The molecule has 457 valence electrons. The number of amides is 1. The predicted octanol–water partition coefficient (Wildman–Crippen LogP) is 11.9. The van der Waals surface area contributed by atoms with Crippen LogP contribution in [0.2, 0.25) is 0 Å². The van der Waals surface area contributed by atoms with Crippen LogP contribution in [-0.2, 0) is 66.6 Å². The number of alkyl halides is 1. The number of halogens is 7. The largest absolute Gasteiger partial charge is 0.493 e. The fourth-order valence-electron chi connectivity index (χ4n) is 10.5. The molecular formula is C61H65F5I2N9O7SV-. The van der Waals surface area contributed by atoms with Gasteiger partial charge in [-0.2, -0.15) is 18.6 Å². The topological polar surface area (TPSA) is 168 Å². The van der Waals surface area contributed by atoms with E-state index in [1.807, 2.05) is 37.0 Å². The Balaban J connectivity index is 0.000000284. The van der Waals surface area contributed by atoms with Crippen LogP contribution in [-0.4, -0.2) is 101 Å².